The Bertz CT molecular complexity index is 527. The highest BCUT2D eigenvalue weighted by molar-refractivity contribution is 5.95. The fourth-order valence-corrected chi connectivity index (χ4v) is 2.66. The van der Waals surface area contributed by atoms with Crippen LogP contribution < -0.4 is 5.32 Å². The van der Waals surface area contributed by atoms with Crippen LogP contribution in [0.1, 0.15) is 35.8 Å². The number of pyridine rings is 1. The minimum Gasteiger partial charge on any atom is -0.480 e. The van der Waals surface area contributed by atoms with Crippen molar-refractivity contribution in [1.82, 2.24) is 15.2 Å². The molecule has 114 valence electrons. The van der Waals surface area contributed by atoms with E-state index < -0.39 is 5.97 Å². The predicted octanol–water partition coefficient (Wildman–Crippen LogP) is 1.06. The second-order valence-corrected chi connectivity index (χ2v) is 5.39. The number of nitrogens with zero attached hydrogens (tertiary/aromatic N) is 2. The Morgan fingerprint density at radius 3 is 2.76 bits per heavy atom. The molecule has 6 nitrogen and oxygen atoms in total. The average molecular weight is 291 g/mol. The van der Waals surface area contributed by atoms with E-state index in [1.54, 1.807) is 18.3 Å². The number of nitrogens with one attached hydrogen (secondary N) is 1. The van der Waals surface area contributed by atoms with Gasteiger partial charge in [-0.25, -0.2) is 0 Å². The van der Waals surface area contributed by atoms with E-state index >= 15 is 0 Å². The highest BCUT2D eigenvalue weighted by Gasteiger charge is 2.34. The molecule has 1 aromatic rings. The van der Waals surface area contributed by atoms with Gasteiger partial charge < -0.3 is 10.4 Å². The lowest BCUT2D eigenvalue weighted by molar-refractivity contribution is -0.139. The number of aryl methyl sites for hydroxylation is 1. The Morgan fingerprint density at radius 2 is 2.19 bits per heavy atom. The van der Waals surface area contributed by atoms with E-state index in [1.807, 2.05) is 18.7 Å². The van der Waals surface area contributed by atoms with Crippen molar-refractivity contribution >= 4 is 11.9 Å². The first-order chi connectivity index (χ1) is 10.0. The third-order valence-electron chi connectivity index (χ3n) is 3.96. The molecule has 0 unspecified atom stereocenters. The molecule has 21 heavy (non-hydrogen) atoms. The number of carbonyl (C=O) groups is 2. The SMILES string of the molecule is CCN(CC(=O)O)C1CC(NC(=O)c2cccnc2C)C1. The molecular formula is C15H21N3O3. The van der Waals surface area contributed by atoms with E-state index in [-0.39, 0.29) is 24.5 Å². The zero-order chi connectivity index (χ0) is 15.4. The molecule has 0 atom stereocenters. The van der Waals surface area contributed by atoms with Crippen LogP contribution in [0.4, 0.5) is 0 Å². The van der Waals surface area contributed by atoms with Gasteiger partial charge in [-0.15, -0.1) is 0 Å². The summed E-state index contributed by atoms with van der Waals surface area (Å²) in [5.74, 6) is -0.916. The monoisotopic (exact) mass is 291 g/mol. The van der Waals surface area contributed by atoms with Gasteiger partial charge >= 0.3 is 5.97 Å². The molecule has 1 fully saturated rings. The molecule has 2 N–H and O–H groups in total. The predicted molar refractivity (Wildman–Crippen MR) is 78.1 cm³/mol. The number of rotatable bonds is 6. The third kappa shape index (κ3) is 3.78. The molecule has 0 bridgehead atoms. The van der Waals surface area contributed by atoms with Crippen LogP contribution in [-0.4, -0.2) is 52.0 Å². The van der Waals surface area contributed by atoms with Crippen molar-refractivity contribution < 1.29 is 14.7 Å². The van der Waals surface area contributed by atoms with Crippen LogP contribution in [0.15, 0.2) is 18.3 Å². The molecule has 1 amide bonds. The van der Waals surface area contributed by atoms with Crippen molar-refractivity contribution in [1.29, 1.82) is 0 Å². The fourth-order valence-electron chi connectivity index (χ4n) is 2.66. The Morgan fingerprint density at radius 1 is 1.48 bits per heavy atom. The van der Waals surface area contributed by atoms with Crippen LogP contribution in [0.2, 0.25) is 0 Å². The zero-order valence-corrected chi connectivity index (χ0v) is 12.4. The standard InChI is InChI=1S/C15H21N3O3/c1-3-18(9-14(19)20)12-7-11(8-12)17-15(21)13-5-4-6-16-10(13)2/h4-6,11-12H,3,7-9H2,1-2H3,(H,17,21)(H,19,20). The molecule has 0 aromatic carbocycles. The number of hydrogen-bond acceptors (Lipinski definition) is 4. The number of amides is 1. The van der Waals surface area contributed by atoms with Crippen LogP contribution in [-0.2, 0) is 4.79 Å². The van der Waals surface area contributed by atoms with Crippen LogP contribution >= 0.6 is 0 Å². The molecule has 0 radical (unpaired) electrons. The first-order valence-corrected chi connectivity index (χ1v) is 7.19. The lowest BCUT2D eigenvalue weighted by atomic mass is 9.85. The van der Waals surface area contributed by atoms with Crippen molar-refractivity contribution in [3.8, 4) is 0 Å². The summed E-state index contributed by atoms with van der Waals surface area (Å²) in [6.07, 6.45) is 3.26. The molecule has 1 saturated carbocycles. The molecule has 0 saturated heterocycles. The lowest BCUT2D eigenvalue weighted by Gasteiger charge is -2.42. The van der Waals surface area contributed by atoms with E-state index in [2.05, 4.69) is 10.3 Å². The summed E-state index contributed by atoms with van der Waals surface area (Å²) in [7, 11) is 0. The summed E-state index contributed by atoms with van der Waals surface area (Å²) in [6.45, 7) is 4.53. The first kappa shape index (κ1) is 15.4. The number of likely N-dealkylation sites (N-methyl/N-ethyl adjacent to an activating group) is 1. The second kappa shape index (κ2) is 6.67. The summed E-state index contributed by atoms with van der Waals surface area (Å²) in [5.41, 5.74) is 1.31. The highest BCUT2D eigenvalue weighted by Crippen LogP contribution is 2.25. The summed E-state index contributed by atoms with van der Waals surface area (Å²) in [4.78, 5) is 28.9. The van der Waals surface area contributed by atoms with Gasteiger partial charge in [0, 0.05) is 24.0 Å². The molecular weight excluding hydrogens is 270 g/mol. The van der Waals surface area contributed by atoms with Crippen molar-refractivity contribution in [2.75, 3.05) is 13.1 Å². The maximum absolute atomic E-state index is 12.1. The van der Waals surface area contributed by atoms with E-state index in [1.165, 1.54) is 0 Å². The smallest absolute Gasteiger partial charge is 0.317 e. The quantitative estimate of drug-likeness (QED) is 0.819. The van der Waals surface area contributed by atoms with Crippen molar-refractivity contribution in [2.24, 2.45) is 0 Å². The van der Waals surface area contributed by atoms with Gasteiger partial charge in [0.2, 0.25) is 0 Å². The number of carbonyl (C=O) groups excluding carboxylic acids is 1. The number of carboxylic acid groups (broad SMARTS) is 1. The molecule has 1 aliphatic carbocycles. The largest absolute Gasteiger partial charge is 0.480 e. The van der Waals surface area contributed by atoms with Gasteiger partial charge in [-0.2, -0.15) is 0 Å². The minimum absolute atomic E-state index is 0.0591. The van der Waals surface area contributed by atoms with E-state index in [9.17, 15) is 9.59 Å². The Balaban J connectivity index is 1.84. The van der Waals surface area contributed by atoms with Gasteiger partial charge in [-0.3, -0.25) is 19.5 Å². The van der Waals surface area contributed by atoms with E-state index in [4.69, 9.17) is 5.11 Å². The third-order valence-corrected chi connectivity index (χ3v) is 3.96. The van der Waals surface area contributed by atoms with Gasteiger partial charge in [0.1, 0.15) is 0 Å². The number of hydrogen-bond donors (Lipinski definition) is 2. The van der Waals surface area contributed by atoms with Crippen molar-refractivity contribution in [3.63, 3.8) is 0 Å². The lowest BCUT2D eigenvalue weighted by Crippen LogP contribution is -2.54. The summed E-state index contributed by atoms with van der Waals surface area (Å²) >= 11 is 0. The zero-order valence-electron chi connectivity index (χ0n) is 12.4. The maximum atomic E-state index is 12.1. The van der Waals surface area contributed by atoms with E-state index in [0.717, 1.165) is 12.8 Å². The van der Waals surface area contributed by atoms with Gasteiger partial charge in [0.05, 0.1) is 12.1 Å². The van der Waals surface area contributed by atoms with Crippen LogP contribution in [0.3, 0.4) is 0 Å². The molecule has 0 aliphatic heterocycles. The van der Waals surface area contributed by atoms with Gasteiger partial charge in [-0.1, -0.05) is 6.92 Å². The summed E-state index contributed by atoms with van der Waals surface area (Å²) < 4.78 is 0. The van der Waals surface area contributed by atoms with Gasteiger partial charge in [0.15, 0.2) is 0 Å². The van der Waals surface area contributed by atoms with Crippen LogP contribution in [0, 0.1) is 6.92 Å². The summed E-state index contributed by atoms with van der Waals surface area (Å²) in [5, 5.41) is 11.8. The normalized spacial score (nSPS) is 20.9. The molecule has 1 aromatic heterocycles. The average Bonchev–Trinajstić information content (AvgIpc) is 2.40. The van der Waals surface area contributed by atoms with Crippen LogP contribution in [0.5, 0.6) is 0 Å². The topological polar surface area (TPSA) is 82.5 Å². The van der Waals surface area contributed by atoms with E-state index in [0.29, 0.717) is 17.8 Å². The Kier molecular flexibility index (Phi) is 4.90. The Labute approximate surface area is 124 Å². The highest BCUT2D eigenvalue weighted by atomic mass is 16.4. The summed E-state index contributed by atoms with van der Waals surface area (Å²) in [6, 6.07) is 3.87. The second-order valence-electron chi connectivity index (χ2n) is 5.39. The molecule has 1 aliphatic rings. The number of aliphatic carboxylic acids is 1. The van der Waals surface area contributed by atoms with Crippen molar-refractivity contribution in [3.05, 3.63) is 29.6 Å². The minimum atomic E-state index is -0.810. The van der Waals surface area contributed by atoms with Crippen LogP contribution in [0.25, 0.3) is 0 Å². The maximum Gasteiger partial charge on any atom is 0.317 e. The van der Waals surface area contributed by atoms with Gasteiger partial charge in [0.25, 0.3) is 5.91 Å². The first-order valence-electron chi connectivity index (χ1n) is 7.19. The Hall–Kier alpha value is -1.95. The van der Waals surface area contributed by atoms with Crippen molar-refractivity contribution in [2.45, 2.75) is 38.8 Å². The molecule has 0 spiro atoms. The molecule has 2 rings (SSSR count). The number of aromatic nitrogens is 1. The van der Waals surface area contributed by atoms with Gasteiger partial charge in [-0.05, 0) is 38.4 Å². The fraction of sp³-hybridized carbons (Fsp3) is 0.533. The molecule has 1 heterocycles. The number of carboxylic acids is 1. The molecule has 6 heteroatoms.